The predicted octanol–water partition coefficient (Wildman–Crippen LogP) is 2.98. The average molecular weight is 361 g/mol. The number of carbonyl (C=O) groups excluding carboxylic acids is 2. The summed E-state index contributed by atoms with van der Waals surface area (Å²) in [5.41, 5.74) is 1.14. The van der Waals surface area contributed by atoms with Crippen LogP contribution in [0.2, 0.25) is 0 Å². The maximum atomic E-state index is 12.1. The Hall–Kier alpha value is -2.57. The summed E-state index contributed by atoms with van der Waals surface area (Å²) in [6.07, 6.45) is 3.36. The third-order valence-electron chi connectivity index (χ3n) is 4.81. The second-order valence-corrected chi connectivity index (χ2v) is 6.85. The van der Waals surface area contributed by atoms with Crippen molar-refractivity contribution in [1.29, 1.82) is 0 Å². The first kappa shape index (κ1) is 19.8. The fraction of sp³-hybridized carbons (Fsp3) is 0.526. The van der Waals surface area contributed by atoms with Gasteiger partial charge in [-0.1, -0.05) is 6.92 Å². The maximum absolute atomic E-state index is 12.1. The van der Waals surface area contributed by atoms with E-state index in [1.54, 1.807) is 24.3 Å². The quantitative estimate of drug-likeness (QED) is 0.625. The number of amides is 3. The molecule has 1 fully saturated rings. The van der Waals surface area contributed by atoms with Crippen LogP contribution in [-0.4, -0.2) is 35.1 Å². The third kappa shape index (κ3) is 5.75. The van der Waals surface area contributed by atoms with Gasteiger partial charge in [0, 0.05) is 23.3 Å². The monoisotopic (exact) mass is 361 g/mol. The Morgan fingerprint density at radius 3 is 2.27 bits per heavy atom. The molecule has 0 heterocycles. The number of carboxylic acids is 1. The fourth-order valence-corrected chi connectivity index (χ4v) is 2.95. The van der Waals surface area contributed by atoms with E-state index in [9.17, 15) is 14.4 Å². The number of rotatable bonds is 6. The highest BCUT2D eigenvalue weighted by molar-refractivity contribution is 5.95. The molecule has 4 N–H and O–H groups in total. The average Bonchev–Trinajstić information content (AvgIpc) is 2.62. The van der Waals surface area contributed by atoms with Crippen molar-refractivity contribution in [2.75, 3.05) is 5.32 Å². The molecule has 0 spiro atoms. The molecule has 1 aliphatic rings. The van der Waals surface area contributed by atoms with Gasteiger partial charge in [-0.2, -0.15) is 0 Å². The van der Waals surface area contributed by atoms with Gasteiger partial charge in [0.25, 0.3) is 5.91 Å². The first-order chi connectivity index (χ1) is 12.4. The van der Waals surface area contributed by atoms with E-state index in [0.717, 1.165) is 6.42 Å². The molecule has 0 radical (unpaired) electrons. The molecule has 0 aliphatic heterocycles. The lowest BCUT2D eigenvalue weighted by Crippen LogP contribution is -2.41. The first-order valence-corrected chi connectivity index (χ1v) is 9.10. The number of carboxylic acid groups (broad SMARTS) is 1. The van der Waals surface area contributed by atoms with Gasteiger partial charge in [0.2, 0.25) is 0 Å². The number of aliphatic carboxylic acids is 1. The van der Waals surface area contributed by atoms with Crippen molar-refractivity contribution in [3.05, 3.63) is 29.8 Å². The Bertz CT molecular complexity index is 637. The van der Waals surface area contributed by atoms with Crippen molar-refractivity contribution >= 4 is 23.6 Å². The Balaban J connectivity index is 1.80. The summed E-state index contributed by atoms with van der Waals surface area (Å²) in [6.45, 7) is 3.95. The van der Waals surface area contributed by atoms with Crippen LogP contribution < -0.4 is 16.0 Å². The first-order valence-electron chi connectivity index (χ1n) is 9.10. The van der Waals surface area contributed by atoms with Crippen molar-refractivity contribution in [1.82, 2.24) is 10.6 Å². The van der Waals surface area contributed by atoms with Gasteiger partial charge in [-0.05, 0) is 63.3 Å². The number of benzene rings is 1. The Morgan fingerprint density at radius 1 is 1.12 bits per heavy atom. The van der Waals surface area contributed by atoms with Gasteiger partial charge >= 0.3 is 12.0 Å². The molecule has 0 aromatic heterocycles. The summed E-state index contributed by atoms with van der Waals surface area (Å²) in [7, 11) is 0. The number of nitrogens with one attached hydrogen (secondary N) is 3. The molecule has 0 saturated heterocycles. The number of anilines is 1. The van der Waals surface area contributed by atoms with Gasteiger partial charge < -0.3 is 21.1 Å². The molecular weight excluding hydrogens is 334 g/mol. The van der Waals surface area contributed by atoms with E-state index < -0.39 is 5.97 Å². The summed E-state index contributed by atoms with van der Waals surface area (Å²) >= 11 is 0. The minimum atomic E-state index is -0.759. The zero-order valence-electron chi connectivity index (χ0n) is 15.2. The zero-order valence-corrected chi connectivity index (χ0v) is 15.2. The van der Waals surface area contributed by atoms with Crippen molar-refractivity contribution in [2.24, 2.45) is 5.92 Å². The van der Waals surface area contributed by atoms with Crippen LogP contribution in [0.15, 0.2) is 24.3 Å². The lowest BCUT2D eigenvalue weighted by molar-refractivity contribution is -0.142. The Labute approximate surface area is 153 Å². The van der Waals surface area contributed by atoms with Crippen LogP contribution >= 0.6 is 0 Å². The van der Waals surface area contributed by atoms with Crippen LogP contribution in [0, 0.1) is 5.92 Å². The molecule has 1 unspecified atom stereocenters. The van der Waals surface area contributed by atoms with E-state index in [4.69, 9.17) is 5.11 Å². The highest BCUT2D eigenvalue weighted by atomic mass is 16.4. The second kappa shape index (κ2) is 9.22. The maximum Gasteiger partial charge on any atom is 0.319 e. The number of hydrogen-bond donors (Lipinski definition) is 4. The van der Waals surface area contributed by atoms with E-state index in [0.29, 0.717) is 36.9 Å². The van der Waals surface area contributed by atoms with Crippen LogP contribution in [-0.2, 0) is 4.79 Å². The molecule has 2 rings (SSSR count). The number of carbonyl (C=O) groups is 3. The minimum absolute atomic E-state index is 0.00816. The van der Waals surface area contributed by atoms with Crippen LogP contribution in [0.4, 0.5) is 10.5 Å². The lowest BCUT2D eigenvalue weighted by atomic mass is 9.86. The van der Waals surface area contributed by atoms with Gasteiger partial charge in [0.05, 0.1) is 5.92 Å². The SMILES string of the molecule is CCC(C)NC(=O)c1ccc(NC(=O)NC2CCC(C(=O)O)CC2)cc1. The topological polar surface area (TPSA) is 108 Å². The zero-order chi connectivity index (χ0) is 19.1. The van der Waals surface area contributed by atoms with Crippen molar-refractivity contribution in [3.63, 3.8) is 0 Å². The molecule has 3 amide bonds. The number of hydrogen-bond acceptors (Lipinski definition) is 3. The molecule has 1 aromatic rings. The Kier molecular flexibility index (Phi) is 7.00. The summed E-state index contributed by atoms with van der Waals surface area (Å²) in [4.78, 5) is 35.1. The molecule has 0 bridgehead atoms. The Morgan fingerprint density at radius 2 is 1.73 bits per heavy atom. The molecular formula is C19H27N3O4. The van der Waals surface area contributed by atoms with Crippen LogP contribution in [0.5, 0.6) is 0 Å². The molecule has 1 saturated carbocycles. The van der Waals surface area contributed by atoms with E-state index in [-0.39, 0.29) is 29.9 Å². The third-order valence-corrected chi connectivity index (χ3v) is 4.81. The predicted molar refractivity (Wildman–Crippen MR) is 99.2 cm³/mol. The van der Waals surface area contributed by atoms with Crippen LogP contribution in [0.25, 0.3) is 0 Å². The van der Waals surface area contributed by atoms with Crippen LogP contribution in [0.1, 0.15) is 56.3 Å². The summed E-state index contributed by atoms with van der Waals surface area (Å²) in [5.74, 6) is -1.19. The van der Waals surface area contributed by atoms with Gasteiger partial charge in [-0.25, -0.2) is 4.79 Å². The summed E-state index contributed by atoms with van der Waals surface area (Å²) in [6, 6.07) is 6.50. The number of urea groups is 1. The normalized spacial score (nSPS) is 20.7. The molecule has 1 aliphatic carbocycles. The highest BCUT2D eigenvalue weighted by Gasteiger charge is 2.26. The fourth-order valence-electron chi connectivity index (χ4n) is 2.95. The summed E-state index contributed by atoms with van der Waals surface area (Å²) < 4.78 is 0. The van der Waals surface area contributed by atoms with Crippen molar-refractivity contribution in [2.45, 2.75) is 58.0 Å². The van der Waals surface area contributed by atoms with E-state index in [1.807, 2.05) is 13.8 Å². The van der Waals surface area contributed by atoms with E-state index >= 15 is 0 Å². The minimum Gasteiger partial charge on any atom is -0.481 e. The highest BCUT2D eigenvalue weighted by Crippen LogP contribution is 2.24. The standard InChI is InChI=1S/C19H27N3O4/c1-3-12(2)20-17(23)13-4-8-15(9-5-13)21-19(26)22-16-10-6-14(7-11-16)18(24)25/h4-5,8-9,12,14,16H,3,6-7,10-11H2,1-2H3,(H,20,23)(H,24,25)(H2,21,22,26). The van der Waals surface area contributed by atoms with Crippen molar-refractivity contribution in [3.8, 4) is 0 Å². The summed E-state index contributed by atoms with van der Waals surface area (Å²) in [5, 5.41) is 17.5. The molecule has 1 aromatic carbocycles. The largest absolute Gasteiger partial charge is 0.481 e. The van der Waals surface area contributed by atoms with Gasteiger partial charge in [0.1, 0.15) is 0 Å². The molecule has 7 heteroatoms. The molecule has 26 heavy (non-hydrogen) atoms. The van der Waals surface area contributed by atoms with Crippen LogP contribution in [0.3, 0.4) is 0 Å². The molecule has 142 valence electrons. The van der Waals surface area contributed by atoms with Gasteiger partial charge in [-0.15, -0.1) is 0 Å². The molecule has 7 nitrogen and oxygen atoms in total. The van der Waals surface area contributed by atoms with Gasteiger partial charge in [0.15, 0.2) is 0 Å². The second-order valence-electron chi connectivity index (χ2n) is 6.85. The smallest absolute Gasteiger partial charge is 0.319 e. The molecule has 1 atom stereocenters. The van der Waals surface area contributed by atoms with Gasteiger partial charge in [-0.3, -0.25) is 9.59 Å². The van der Waals surface area contributed by atoms with E-state index in [2.05, 4.69) is 16.0 Å². The van der Waals surface area contributed by atoms with Crippen molar-refractivity contribution < 1.29 is 19.5 Å². The lowest BCUT2D eigenvalue weighted by Gasteiger charge is -2.26. The van der Waals surface area contributed by atoms with E-state index in [1.165, 1.54) is 0 Å².